The third-order valence-corrected chi connectivity index (χ3v) is 4.32. The van der Waals surface area contributed by atoms with Crippen molar-refractivity contribution in [3.63, 3.8) is 0 Å². The van der Waals surface area contributed by atoms with Crippen LogP contribution in [0.25, 0.3) is 0 Å². The lowest BCUT2D eigenvalue weighted by atomic mass is 10.1. The standard InChI is InChI=1S/C21H20ClFN4O/c1-14-26-19(21(28)24-11-10-15-4-8-18(23)9-5-15)12-20(27-14)25-13-16-2-6-17(22)7-3-16/h2-9,12H,10-11,13H2,1H3,(H,24,28)(H,25,26,27). The lowest BCUT2D eigenvalue weighted by molar-refractivity contribution is 0.0949. The highest BCUT2D eigenvalue weighted by Crippen LogP contribution is 2.12. The molecule has 0 saturated heterocycles. The highest BCUT2D eigenvalue weighted by molar-refractivity contribution is 6.30. The molecular formula is C21H20ClFN4O. The van der Waals surface area contributed by atoms with E-state index in [1.807, 2.05) is 24.3 Å². The first-order chi connectivity index (χ1) is 13.5. The number of hydrogen-bond donors (Lipinski definition) is 2. The molecule has 0 aliphatic rings. The summed E-state index contributed by atoms with van der Waals surface area (Å²) >= 11 is 5.89. The lowest BCUT2D eigenvalue weighted by Gasteiger charge is -2.09. The van der Waals surface area contributed by atoms with Gasteiger partial charge in [-0.15, -0.1) is 0 Å². The SMILES string of the molecule is Cc1nc(NCc2ccc(Cl)cc2)cc(C(=O)NCCc2ccc(F)cc2)n1. The van der Waals surface area contributed by atoms with Gasteiger partial charge in [0.15, 0.2) is 0 Å². The number of aromatic nitrogens is 2. The Morgan fingerprint density at radius 1 is 1.04 bits per heavy atom. The smallest absolute Gasteiger partial charge is 0.270 e. The second-order valence-electron chi connectivity index (χ2n) is 6.30. The molecule has 0 spiro atoms. The van der Waals surface area contributed by atoms with Crippen LogP contribution in [0.15, 0.2) is 54.6 Å². The number of nitrogens with zero attached hydrogens (tertiary/aromatic N) is 2. The molecule has 3 aromatic rings. The van der Waals surface area contributed by atoms with E-state index in [0.29, 0.717) is 41.9 Å². The molecule has 0 aliphatic heterocycles. The molecule has 1 heterocycles. The maximum absolute atomic E-state index is 12.9. The summed E-state index contributed by atoms with van der Waals surface area (Å²) in [5.74, 6) is 0.529. The summed E-state index contributed by atoms with van der Waals surface area (Å²) in [6.45, 7) is 2.73. The molecule has 1 amide bonds. The number of anilines is 1. The van der Waals surface area contributed by atoms with E-state index in [2.05, 4.69) is 20.6 Å². The third kappa shape index (κ3) is 5.76. The van der Waals surface area contributed by atoms with Crippen molar-refractivity contribution < 1.29 is 9.18 Å². The molecule has 1 aromatic heterocycles. The molecule has 3 rings (SSSR count). The van der Waals surface area contributed by atoms with Gasteiger partial charge in [-0.25, -0.2) is 14.4 Å². The lowest BCUT2D eigenvalue weighted by Crippen LogP contribution is -2.27. The summed E-state index contributed by atoms with van der Waals surface area (Å²) in [6, 6.07) is 15.3. The van der Waals surface area contributed by atoms with Gasteiger partial charge in [-0.3, -0.25) is 4.79 Å². The molecule has 0 aliphatic carbocycles. The summed E-state index contributed by atoms with van der Waals surface area (Å²) in [5, 5.41) is 6.71. The summed E-state index contributed by atoms with van der Waals surface area (Å²) in [4.78, 5) is 20.9. The Kier molecular flexibility index (Phi) is 6.55. The summed E-state index contributed by atoms with van der Waals surface area (Å²) in [6.07, 6.45) is 0.609. The van der Waals surface area contributed by atoms with Crippen LogP contribution in [0.1, 0.15) is 27.4 Å². The molecule has 2 aromatic carbocycles. The fourth-order valence-electron chi connectivity index (χ4n) is 2.63. The number of benzene rings is 2. The minimum absolute atomic E-state index is 0.275. The topological polar surface area (TPSA) is 66.9 Å². The zero-order chi connectivity index (χ0) is 19.9. The summed E-state index contributed by atoms with van der Waals surface area (Å²) in [5.41, 5.74) is 2.29. The summed E-state index contributed by atoms with van der Waals surface area (Å²) < 4.78 is 12.9. The number of amides is 1. The van der Waals surface area contributed by atoms with Crippen molar-refractivity contribution in [3.05, 3.63) is 88.1 Å². The van der Waals surface area contributed by atoms with Gasteiger partial charge < -0.3 is 10.6 Å². The Bertz CT molecular complexity index is 946. The molecule has 7 heteroatoms. The van der Waals surface area contributed by atoms with Gasteiger partial charge in [-0.1, -0.05) is 35.9 Å². The zero-order valence-electron chi connectivity index (χ0n) is 15.4. The van der Waals surface area contributed by atoms with Crippen LogP contribution in [0.5, 0.6) is 0 Å². The molecule has 144 valence electrons. The summed E-state index contributed by atoms with van der Waals surface area (Å²) in [7, 11) is 0. The van der Waals surface area contributed by atoms with Gasteiger partial charge in [-0.05, 0) is 48.7 Å². The molecule has 0 radical (unpaired) electrons. The van der Waals surface area contributed by atoms with Crippen LogP contribution >= 0.6 is 11.6 Å². The van der Waals surface area contributed by atoms with E-state index in [-0.39, 0.29) is 11.7 Å². The number of carbonyl (C=O) groups excluding carboxylic acids is 1. The van der Waals surface area contributed by atoms with Crippen molar-refractivity contribution in [3.8, 4) is 0 Å². The van der Waals surface area contributed by atoms with E-state index >= 15 is 0 Å². The first kappa shape index (κ1) is 19.8. The third-order valence-electron chi connectivity index (χ3n) is 4.07. The number of rotatable bonds is 7. The van der Waals surface area contributed by atoms with E-state index in [1.54, 1.807) is 25.1 Å². The van der Waals surface area contributed by atoms with Gasteiger partial charge >= 0.3 is 0 Å². The van der Waals surface area contributed by atoms with Gasteiger partial charge in [0.25, 0.3) is 5.91 Å². The van der Waals surface area contributed by atoms with Crippen LogP contribution in [-0.2, 0) is 13.0 Å². The zero-order valence-corrected chi connectivity index (χ0v) is 16.1. The number of hydrogen-bond acceptors (Lipinski definition) is 4. The Balaban J connectivity index is 1.57. The Hall–Kier alpha value is -2.99. The minimum Gasteiger partial charge on any atom is -0.366 e. The highest BCUT2D eigenvalue weighted by atomic mass is 35.5. The molecular weight excluding hydrogens is 379 g/mol. The van der Waals surface area contributed by atoms with E-state index in [0.717, 1.165) is 11.1 Å². The van der Waals surface area contributed by atoms with Crippen LogP contribution < -0.4 is 10.6 Å². The van der Waals surface area contributed by atoms with Gasteiger partial charge in [0.1, 0.15) is 23.2 Å². The normalized spacial score (nSPS) is 10.5. The number of aryl methyl sites for hydroxylation is 1. The second-order valence-corrected chi connectivity index (χ2v) is 6.73. The number of halogens is 2. The monoisotopic (exact) mass is 398 g/mol. The average Bonchev–Trinajstić information content (AvgIpc) is 2.68. The van der Waals surface area contributed by atoms with E-state index in [4.69, 9.17) is 11.6 Å². The van der Waals surface area contributed by atoms with Crippen LogP contribution in [-0.4, -0.2) is 22.4 Å². The molecule has 0 fully saturated rings. The van der Waals surface area contributed by atoms with Crippen LogP contribution in [0, 0.1) is 12.7 Å². The Morgan fingerprint density at radius 3 is 2.43 bits per heavy atom. The predicted octanol–water partition coefficient (Wildman–Crippen LogP) is 4.16. The van der Waals surface area contributed by atoms with Crippen molar-refractivity contribution in [2.75, 3.05) is 11.9 Å². The molecule has 0 unspecified atom stereocenters. The second kappa shape index (κ2) is 9.28. The molecule has 2 N–H and O–H groups in total. The van der Waals surface area contributed by atoms with Crippen molar-refractivity contribution in [1.82, 2.24) is 15.3 Å². The largest absolute Gasteiger partial charge is 0.366 e. The Morgan fingerprint density at radius 2 is 1.71 bits per heavy atom. The molecule has 28 heavy (non-hydrogen) atoms. The fourth-order valence-corrected chi connectivity index (χ4v) is 2.76. The van der Waals surface area contributed by atoms with Gasteiger partial charge in [0.2, 0.25) is 0 Å². The molecule has 0 bridgehead atoms. The minimum atomic E-state index is -0.276. The first-order valence-electron chi connectivity index (χ1n) is 8.86. The van der Waals surface area contributed by atoms with Gasteiger partial charge in [0.05, 0.1) is 0 Å². The quantitative estimate of drug-likeness (QED) is 0.627. The maximum Gasteiger partial charge on any atom is 0.270 e. The Labute approximate surface area is 168 Å². The van der Waals surface area contributed by atoms with Gasteiger partial charge in [0, 0.05) is 24.2 Å². The van der Waals surface area contributed by atoms with Crippen molar-refractivity contribution in [2.45, 2.75) is 19.9 Å². The van der Waals surface area contributed by atoms with Crippen molar-refractivity contribution in [1.29, 1.82) is 0 Å². The van der Waals surface area contributed by atoms with Crippen LogP contribution in [0.4, 0.5) is 10.2 Å². The highest BCUT2D eigenvalue weighted by Gasteiger charge is 2.10. The van der Waals surface area contributed by atoms with E-state index < -0.39 is 0 Å². The number of carbonyl (C=O) groups is 1. The molecule has 0 atom stereocenters. The fraction of sp³-hybridized carbons (Fsp3) is 0.190. The average molecular weight is 399 g/mol. The van der Waals surface area contributed by atoms with Gasteiger partial charge in [-0.2, -0.15) is 0 Å². The van der Waals surface area contributed by atoms with Crippen LogP contribution in [0.2, 0.25) is 5.02 Å². The van der Waals surface area contributed by atoms with E-state index in [9.17, 15) is 9.18 Å². The van der Waals surface area contributed by atoms with Crippen molar-refractivity contribution in [2.24, 2.45) is 0 Å². The van der Waals surface area contributed by atoms with Crippen molar-refractivity contribution >= 4 is 23.3 Å². The first-order valence-corrected chi connectivity index (χ1v) is 9.24. The molecule has 5 nitrogen and oxygen atoms in total. The van der Waals surface area contributed by atoms with E-state index in [1.165, 1.54) is 12.1 Å². The van der Waals surface area contributed by atoms with Crippen LogP contribution in [0.3, 0.4) is 0 Å². The number of nitrogens with one attached hydrogen (secondary N) is 2. The molecule has 0 saturated carbocycles. The maximum atomic E-state index is 12.9. The predicted molar refractivity (Wildman–Crippen MR) is 108 cm³/mol.